The Kier molecular flexibility index (Phi) is 5.58. The third-order valence-electron chi connectivity index (χ3n) is 2.27. The summed E-state index contributed by atoms with van der Waals surface area (Å²) in [6.07, 6.45) is 0. The molecule has 1 aromatic carbocycles. The molecule has 0 radical (unpaired) electrons. The lowest BCUT2D eigenvalue weighted by atomic mass is 10.2. The lowest BCUT2D eigenvalue weighted by Gasteiger charge is -2.10. The van der Waals surface area contributed by atoms with Gasteiger partial charge < -0.3 is 9.47 Å². The first kappa shape index (κ1) is 14.9. The molecule has 0 aliphatic heterocycles. The number of hydrogen-bond acceptors (Lipinski definition) is 5. The van der Waals surface area contributed by atoms with Crippen molar-refractivity contribution < 1.29 is 22.1 Å². The summed E-state index contributed by atoms with van der Waals surface area (Å²) in [5.41, 5.74) is 0.863. The molecule has 102 valence electrons. The van der Waals surface area contributed by atoms with Gasteiger partial charge in [0.2, 0.25) is 0 Å². The van der Waals surface area contributed by atoms with Crippen molar-refractivity contribution in [1.82, 2.24) is 0 Å². The summed E-state index contributed by atoms with van der Waals surface area (Å²) in [6, 6.07) is 4.66. The summed E-state index contributed by atoms with van der Waals surface area (Å²) in [5.74, 6) is 0.521. The Morgan fingerprint density at radius 1 is 1.22 bits per heavy atom. The SMILES string of the molecule is CCOS(=O)(=O)c1ccc(C)c(OCCOC)c1. The molecule has 0 aromatic heterocycles. The van der Waals surface area contributed by atoms with Crippen molar-refractivity contribution in [3.63, 3.8) is 0 Å². The van der Waals surface area contributed by atoms with Crippen molar-refractivity contribution in [2.24, 2.45) is 0 Å². The Morgan fingerprint density at radius 3 is 2.56 bits per heavy atom. The number of ether oxygens (including phenoxy) is 2. The van der Waals surface area contributed by atoms with E-state index in [0.29, 0.717) is 19.0 Å². The summed E-state index contributed by atoms with van der Waals surface area (Å²) in [6.45, 7) is 4.40. The summed E-state index contributed by atoms with van der Waals surface area (Å²) in [7, 11) is -2.12. The van der Waals surface area contributed by atoms with Crippen LogP contribution in [0.4, 0.5) is 0 Å². The summed E-state index contributed by atoms with van der Waals surface area (Å²) >= 11 is 0. The van der Waals surface area contributed by atoms with Gasteiger partial charge in [0.25, 0.3) is 10.1 Å². The molecular weight excluding hydrogens is 256 g/mol. The van der Waals surface area contributed by atoms with Crippen LogP contribution in [0.5, 0.6) is 5.75 Å². The fourth-order valence-electron chi connectivity index (χ4n) is 1.35. The minimum atomic E-state index is -3.69. The standard InChI is InChI=1S/C12H18O5S/c1-4-17-18(13,14)11-6-5-10(2)12(9-11)16-8-7-15-3/h5-6,9H,4,7-8H2,1-3H3. The predicted molar refractivity (Wildman–Crippen MR) is 67.4 cm³/mol. The average molecular weight is 274 g/mol. The van der Waals surface area contributed by atoms with Crippen LogP contribution in [0.3, 0.4) is 0 Å². The Labute approximate surface area is 108 Å². The normalized spacial score (nSPS) is 11.5. The van der Waals surface area contributed by atoms with E-state index in [9.17, 15) is 8.42 Å². The molecule has 0 heterocycles. The Balaban J connectivity index is 2.93. The molecule has 0 amide bonds. The third kappa shape index (κ3) is 3.97. The molecule has 0 aliphatic rings. The topological polar surface area (TPSA) is 61.8 Å². The van der Waals surface area contributed by atoms with Crippen LogP contribution in [0, 0.1) is 6.92 Å². The maximum Gasteiger partial charge on any atom is 0.297 e. The lowest BCUT2D eigenvalue weighted by Crippen LogP contribution is -2.08. The second-order valence-corrected chi connectivity index (χ2v) is 5.24. The third-order valence-corrected chi connectivity index (χ3v) is 3.64. The van der Waals surface area contributed by atoms with E-state index in [2.05, 4.69) is 0 Å². The van der Waals surface area contributed by atoms with Gasteiger partial charge in [-0.15, -0.1) is 0 Å². The predicted octanol–water partition coefficient (Wildman–Crippen LogP) is 1.75. The van der Waals surface area contributed by atoms with E-state index in [0.717, 1.165) is 5.56 Å². The van der Waals surface area contributed by atoms with Gasteiger partial charge in [0, 0.05) is 13.2 Å². The van der Waals surface area contributed by atoms with Gasteiger partial charge in [-0.3, -0.25) is 4.18 Å². The van der Waals surface area contributed by atoms with Gasteiger partial charge in [-0.05, 0) is 25.5 Å². The van der Waals surface area contributed by atoms with Gasteiger partial charge in [0.1, 0.15) is 12.4 Å². The fraction of sp³-hybridized carbons (Fsp3) is 0.500. The molecule has 6 heteroatoms. The zero-order valence-corrected chi connectivity index (χ0v) is 11.6. The van der Waals surface area contributed by atoms with E-state index < -0.39 is 10.1 Å². The molecule has 0 saturated heterocycles. The van der Waals surface area contributed by atoms with Crippen LogP contribution in [0.1, 0.15) is 12.5 Å². The molecule has 1 aromatic rings. The fourth-order valence-corrected chi connectivity index (χ4v) is 2.28. The quantitative estimate of drug-likeness (QED) is 0.560. The van der Waals surface area contributed by atoms with Crippen molar-refractivity contribution in [2.75, 3.05) is 26.9 Å². The van der Waals surface area contributed by atoms with Crippen LogP contribution < -0.4 is 4.74 Å². The number of rotatable bonds is 7. The van der Waals surface area contributed by atoms with Crippen LogP contribution >= 0.6 is 0 Å². The Bertz CT molecular complexity index is 481. The van der Waals surface area contributed by atoms with E-state index in [1.807, 2.05) is 6.92 Å². The van der Waals surface area contributed by atoms with Gasteiger partial charge in [-0.1, -0.05) is 6.07 Å². The van der Waals surface area contributed by atoms with Crippen molar-refractivity contribution in [1.29, 1.82) is 0 Å². The molecule has 1 rings (SSSR count). The van der Waals surface area contributed by atoms with E-state index in [1.165, 1.54) is 12.1 Å². The largest absolute Gasteiger partial charge is 0.491 e. The molecule has 0 atom stereocenters. The van der Waals surface area contributed by atoms with Gasteiger partial charge in [0.05, 0.1) is 18.1 Å². The number of methoxy groups -OCH3 is 1. The van der Waals surface area contributed by atoms with Crippen molar-refractivity contribution in [3.05, 3.63) is 23.8 Å². The average Bonchev–Trinajstić information content (AvgIpc) is 2.31. The van der Waals surface area contributed by atoms with Gasteiger partial charge >= 0.3 is 0 Å². The van der Waals surface area contributed by atoms with E-state index in [-0.39, 0.29) is 11.5 Å². The van der Waals surface area contributed by atoms with E-state index >= 15 is 0 Å². The van der Waals surface area contributed by atoms with Crippen LogP contribution in [0.2, 0.25) is 0 Å². The zero-order chi connectivity index (χ0) is 13.6. The monoisotopic (exact) mass is 274 g/mol. The molecule has 0 unspecified atom stereocenters. The van der Waals surface area contributed by atoms with Crippen LogP contribution in [0.25, 0.3) is 0 Å². The minimum absolute atomic E-state index is 0.0994. The lowest BCUT2D eigenvalue weighted by molar-refractivity contribution is 0.146. The van der Waals surface area contributed by atoms with Gasteiger partial charge in [0.15, 0.2) is 0 Å². The molecule has 0 aliphatic carbocycles. The van der Waals surface area contributed by atoms with Crippen molar-refractivity contribution >= 4 is 10.1 Å². The highest BCUT2D eigenvalue weighted by Crippen LogP contribution is 2.23. The van der Waals surface area contributed by atoms with Crippen LogP contribution in [0.15, 0.2) is 23.1 Å². The molecule has 0 saturated carbocycles. The minimum Gasteiger partial charge on any atom is -0.491 e. The molecule has 0 N–H and O–H groups in total. The molecule has 0 bridgehead atoms. The molecular formula is C12H18O5S. The first-order valence-corrected chi connectivity index (χ1v) is 7.04. The van der Waals surface area contributed by atoms with Crippen LogP contribution in [-0.2, 0) is 19.0 Å². The molecule has 0 spiro atoms. The van der Waals surface area contributed by atoms with Crippen molar-refractivity contribution in [3.8, 4) is 5.75 Å². The summed E-state index contributed by atoms with van der Waals surface area (Å²) < 4.78 is 38.5. The van der Waals surface area contributed by atoms with Crippen LogP contribution in [-0.4, -0.2) is 35.3 Å². The maximum absolute atomic E-state index is 11.7. The Hall–Kier alpha value is -1.11. The summed E-state index contributed by atoms with van der Waals surface area (Å²) in [5, 5.41) is 0. The zero-order valence-electron chi connectivity index (χ0n) is 10.8. The molecule has 0 fully saturated rings. The highest BCUT2D eigenvalue weighted by atomic mass is 32.2. The van der Waals surface area contributed by atoms with Gasteiger partial charge in [-0.25, -0.2) is 0 Å². The molecule has 18 heavy (non-hydrogen) atoms. The number of hydrogen-bond donors (Lipinski definition) is 0. The highest BCUT2D eigenvalue weighted by molar-refractivity contribution is 7.86. The second-order valence-electron chi connectivity index (χ2n) is 3.63. The van der Waals surface area contributed by atoms with Crippen molar-refractivity contribution in [2.45, 2.75) is 18.7 Å². The first-order chi connectivity index (χ1) is 8.51. The second kappa shape index (κ2) is 6.72. The number of aryl methyl sites for hydroxylation is 1. The van der Waals surface area contributed by atoms with E-state index in [1.54, 1.807) is 20.1 Å². The summed E-state index contributed by atoms with van der Waals surface area (Å²) in [4.78, 5) is 0.0994. The van der Waals surface area contributed by atoms with E-state index in [4.69, 9.17) is 13.7 Å². The first-order valence-electron chi connectivity index (χ1n) is 5.63. The number of benzene rings is 1. The molecule has 5 nitrogen and oxygen atoms in total. The smallest absolute Gasteiger partial charge is 0.297 e. The maximum atomic E-state index is 11.7. The highest BCUT2D eigenvalue weighted by Gasteiger charge is 2.16. The van der Waals surface area contributed by atoms with Gasteiger partial charge in [-0.2, -0.15) is 8.42 Å². The Morgan fingerprint density at radius 2 is 1.94 bits per heavy atom.